The number of amides is 2. The van der Waals surface area contributed by atoms with Crippen LogP contribution in [0, 0.1) is 0 Å². The first-order valence-electron chi connectivity index (χ1n) is 5.89. The van der Waals surface area contributed by atoms with Gasteiger partial charge in [-0.15, -0.1) is 0 Å². The average molecular weight is 247 g/mol. The molecule has 0 saturated carbocycles. The van der Waals surface area contributed by atoms with E-state index in [0.717, 1.165) is 30.9 Å². The molecule has 1 heterocycles. The number of anilines is 1. The Hall–Kier alpha value is -2.01. The van der Waals surface area contributed by atoms with Gasteiger partial charge in [0.05, 0.1) is 7.11 Å². The quantitative estimate of drug-likeness (QED) is 0.803. The summed E-state index contributed by atoms with van der Waals surface area (Å²) in [5, 5.41) is 4.64. The predicted octanol–water partition coefficient (Wildman–Crippen LogP) is 1.99. The molecule has 2 rings (SSSR count). The zero-order chi connectivity index (χ0) is 12.8. The summed E-state index contributed by atoms with van der Waals surface area (Å²) in [5.41, 5.74) is 3.53. The molecule has 2 N–H and O–H groups in total. The number of rotatable bonds is 3. The molecule has 1 aromatic rings. The van der Waals surface area contributed by atoms with Gasteiger partial charge in [0.25, 0.3) is 0 Å². The summed E-state index contributed by atoms with van der Waals surface area (Å²) < 4.78 is 5.05. The van der Waals surface area contributed by atoms with Crippen LogP contribution in [0.15, 0.2) is 36.4 Å². The number of hydrogen-bond acceptors (Lipinski definition) is 3. The van der Waals surface area contributed by atoms with Gasteiger partial charge in [-0.05, 0) is 30.7 Å². The first-order valence-corrected chi connectivity index (χ1v) is 5.89. The van der Waals surface area contributed by atoms with E-state index in [1.165, 1.54) is 0 Å². The summed E-state index contributed by atoms with van der Waals surface area (Å²) in [6.45, 7) is 1.59. The molecule has 0 atom stereocenters. The fourth-order valence-electron chi connectivity index (χ4n) is 1.72. The van der Waals surface area contributed by atoms with Crippen LogP contribution in [0.3, 0.4) is 0 Å². The fraction of sp³-hybridized carbons (Fsp3) is 0.308. The topological polar surface area (TPSA) is 53.6 Å². The highest BCUT2D eigenvalue weighted by atomic mass is 16.5. The van der Waals surface area contributed by atoms with Crippen LogP contribution in [0.4, 0.5) is 10.5 Å². The Kier molecular flexibility index (Phi) is 4.20. The number of hydrogen-bond donors (Lipinski definition) is 2. The molecule has 5 heteroatoms. The van der Waals surface area contributed by atoms with E-state index < -0.39 is 0 Å². The number of methoxy groups -OCH3 is 1. The molecule has 5 nitrogen and oxygen atoms in total. The third-order valence-corrected chi connectivity index (χ3v) is 2.67. The molecular weight excluding hydrogens is 230 g/mol. The van der Waals surface area contributed by atoms with Gasteiger partial charge in [-0.25, -0.2) is 9.80 Å². The van der Waals surface area contributed by atoms with Crippen LogP contribution in [-0.2, 0) is 0 Å². The zero-order valence-electron chi connectivity index (χ0n) is 10.3. The molecule has 0 saturated heterocycles. The fourth-order valence-corrected chi connectivity index (χ4v) is 1.72. The maximum atomic E-state index is 11.7. The van der Waals surface area contributed by atoms with Crippen LogP contribution in [0.2, 0.25) is 0 Å². The van der Waals surface area contributed by atoms with Crippen LogP contribution in [0.5, 0.6) is 5.75 Å². The van der Waals surface area contributed by atoms with Crippen molar-refractivity contribution >= 4 is 11.7 Å². The zero-order valence-corrected chi connectivity index (χ0v) is 10.3. The van der Waals surface area contributed by atoms with Gasteiger partial charge in [0.15, 0.2) is 0 Å². The maximum absolute atomic E-state index is 11.7. The van der Waals surface area contributed by atoms with Crippen molar-refractivity contribution in [3.05, 3.63) is 36.4 Å². The van der Waals surface area contributed by atoms with Crippen molar-refractivity contribution in [3.63, 3.8) is 0 Å². The van der Waals surface area contributed by atoms with Crippen LogP contribution >= 0.6 is 0 Å². The molecule has 18 heavy (non-hydrogen) atoms. The molecule has 0 bridgehead atoms. The highest BCUT2D eigenvalue weighted by Gasteiger charge is 2.09. The van der Waals surface area contributed by atoms with Crippen LogP contribution in [0.25, 0.3) is 0 Å². The Labute approximate surface area is 106 Å². The minimum absolute atomic E-state index is 0.226. The second kappa shape index (κ2) is 6.07. The lowest BCUT2D eigenvalue weighted by Crippen LogP contribution is -2.45. The molecule has 1 aromatic carbocycles. The smallest absolute Gasteiger partial charge is 0.333 e. The van der Waals surface area contributed by atoms with Gasteiger partial charge in [0, 0.05) is 18.8 Å². The van der Waals surface area contributed by atoms with Crippen molar-refractivity contribution in [3.8, 4) is 5.75 Å². The van der Waals surface area contributed by atoms with Crippen molar-refractivity contribution < 1.29 is 9.53 Å². The SMILES string of the molecule is COc1ccc(NC(=O)NN2CC=CCC2)cc1. The lowest BCUT2D eigenvalue weighted by atomic mass is 10.3. The van der Waals surface area contributed by atoms with E-state index in [9.17, 15) is 4.79 Å². The molecule has 2 amide bonds. The van der Waals surface area contributed by atoms with Gasteiger partial charge in [-0.3, -0.25) is 5.43 Å². The van der Waals surface area contributed by atoms with Crippen LogP contribution in [-0.4, -0.2) is 31.2 Å². The molecule has 0 spiro atoms. The number of carbonyl (C=O) groups excluding carboxylic acids is 1. The first-order chi connectivity index (χ1) is 8.78. The third-order valence-electron chi connectivity index (χ3n) is 2.67. The largest absolute Gasteiger partial charge is 0.497 e. The summed E-state index contributed by atoms with van der Waals surface area (Å²) in [6.07, 6.45) is 5.11. The van der Waals surface area contributed by atoms with Crippen molar-refractivity contribution in [2.45, 2.75) is 6.42 Å². The second-order valence-electron chi connectivity index (χ2n) is 4.00. The first kappa shape index (κ1) is 12.4. The second-order valence-corrected chi connectivity index (χ2v) is 4.00. The Morgan fingerprint density at radius 3 is 2.67 bits per heavy atom. The minimum atomic E-state index is -0.226. The van der Waals surface area contributed by atoms with Gasteiger partial charge >= 0.3 is 6.03 Å². The van der Waals surface area contributed by atoms with E-state index in [0.29, 0.717) is 0 Å². The monoisotopic (exact) mass is 247 g/mol. The number of nitrogens with zero attached hydrogens (tertiary/aromatic N) is 1. The van der Waals surface area contributed by atoms with Gasteiger partial charge in [0.1, 0.15) is 5.75 Å². The Morgan fingerprint density at radius 1 is 1.28 bits per heavy atom. The van der Waals surface area contributed by atoms with Crippen molar-refractivity contribution in [2.24, 2.45) is 0 Å². The summed E-state index contributed by atoms with van der Waals surface area (Å²) >= 11 is 0. The number of ether oxygens (including phenoxy) is 1. The van der Waals surface area contributed by atoms with Crippen LogP contribution < -0.4 is 15.5 Å². The molecule has 0 unspecified atom stereocenters. The van der Waals surface area contributed by atoms with Crippen molar-refractivity contribution in [1.82, 2.24) is 10.4 Å². The van der Waals surface area contributed by atoms with Gasteiger partial charge in [-0.2, -0.15) is 0 Å². The van der Waals surface area contributed by atoms with Gasteiger partial charge < -0.3 is 10.1 Å². The predicted molar refractivity (Wildman–Crippen MR) is 70.5 cm³/mol. The lowest BCUT2D eigenvalue weighted by Gasteiger charge is -2.23. The molecule has 0 aliphatic carbocycles. The summed E-state index contributed by atoms with van der Waals surface area (Å²) in [7, 11) is 1.61. The van der Waals surface area contributed by atoms with Gasteiger partial charge in [-0.1, -0.05) is 12.2 Å². The van der Waals surface area contributed by atoms with E-state index in [2.05, 4.69) is 16.8 Å². The average Bonchev–Trinajstić information content (AvgIpc) is 2.40. The standard InChI is InChI=1S/C13H17N3O2/c1-18-12-7-5-11(6-8-12)14-13(17)15-16-9-3-2-4-10-16/h2-3,5-8H,4,9-10H2,1H3,(H2,14,15,17). The van der Waals surface area contributed by atoms with E-state index in [4.69, 9.17) is 4.74 Å². The van der Waals surface area contributed by atoms with E-state index >= 15 is 0 Å². The molecule has 0 fully saturated rings. The minimum Gasteiger partial charge on any atom is -0.497 e. The van der Waals surface area contributed by atoms with Crippen molar-refractivity contribution in [2.75, 3.05) is 25.5 Å². The summed E-state index contributed by atoms with van der Waals surface area (Å²) in [6, 6.07) is 6.98. The highest BCUT2D eigenvalue weighted by molar-refractivity contribution is 5.88. The Bertz CT molecular complexity index is 428. The molecule has 0 radical (unpaired) electrons. The number of carbonyl (C=O) groups is 1. The maximum Gasteiger partial charge on any atom is 0.333 e. The number of nitrogens with one attached hydrogen (secondary N) is 2. The number of urea groups is 1. The molecule has 96 valence electrons. The molecule has 1 aliphatic rings. The molecule has 0 aromatic heterocycles. The lowest BCUT2D eigenvalue weighted by molar-refractivity contribution is 0.196. The van der Waals surface area contributed by atoms with Crippen LogP contribution in [0.1, 0.15) is 6.42 Å². The van der Waals surface area contributed by atoms with Gasteiger partial charge in [0.2, 0.25) is 0 Å². The molecule has 1 aliphatic heterocycles. The number of hydrazine groups is 1. The Balaban J connectivity index is 1.84. The Morgan fingerprint density at radius 2 is 2.06 bits per heavy atom. The third kappa shape index (κ3) is 3.49. The normalized spacial score (nSPS) is 15.2. The summed E-state index contributed by atoms with van der Waals surface area (Å²) in [4.78, 5) is 11.7. The highest BCUT2D eigenvalue weighted by Crippen LogP contribution is 2.14. The number of benzene rings is 1. The van der Waals surface area contributed by atoms with Crippen molar-refractivity contribution in [1.29, 1.82) is 0 Å². The molecular formula is C13H17N3O2. The summed E-state index contributed by atoms with van der Waals surface area (Å²) in [5.74, 6) is 0.766. The van der Waals surface area contributed by atoms with E-state index in [1.54, 1.807) is 31.4 Å². The van der Waals surface area contributed by atoms with E-state index in [1.807, 2.05) is 11.1 Å². The van der Waals surface area contributed by atoms with E-state index in [-0.39, 0.29) is 6.03 Å².